The maximum Gasteiger partial charge on any atom is 0.411 e. The predicted octanol–water partition coefficient (Wildman–Crippen LogP) is 7.01. The number of nitrogens with zero attached hydrogens (tertiary/aromatic N) is 2. The van der Waals surface area contributed by atoms with Crippen LogP contribution in [0.3, 0.4) is 0 Å². The van der Waals surface area contributed by atoms with Gasteiger partial charge in [0.2, 0.25) is 5.91 Å². The van der Waals surface area contributed by atoms with Crippen LogP contribution in [0.4, 0.5) is 10.5 Å². The van der Waals surface area contributed by atoms with Gasteiger partial charge in [-0.2, -0.15) is 0 Å². The summed E-state index contributed by atoms with van der Waals surface area (Å²) in [6, 6.07) is 26.6. The van der Waals surface area contributed by atoms with Crippen molar-refractivity contribution in [1.29, 1.82) is 0 Å². The van der Waals surface area contributed by atoms with Gasteiger partial charge in [-0.25, -0.2) is 4.79 Å². The van der Waals surface area contributed by atoms with Crippen molar-refractivity contribution >= 4 is 17.7 Å². The van der Waals surface area contributed by atoms with E-state index in [-0.39, 0.29) is 18.1 Å². The lowest BCUT2D eigenvalue weighted by Crippen LogP contribution is -2.40. The van der Waals surface area contributed by atoms with Crippen LogP contribution in [0.25, 0.3) is 11.1 Å². The lowest BCUT2D eigenvalue weighted by atomic mass is 10.0. The average molecular weight is 672 g/mol. The van der Waals surface area contributed by atoms with Gasteiger partial charge in [-0.3, -0.25) is 15.0 Å². The van der Waals surface area contributed by atoms with Crippen molar-refractivity contribution in [3.8, 4) is 11.1 Å². The molecule has 0 radical (unpaired) electrons. The van der Waals surface area contributed by atoms with Crippen LogP contribution in [0.5, 0.6) is 0 Å². The number of fused-ring (bicyclic) bond motifs is 1. The zero-order valence-electron chi connectivity index (χ0n) is 29.4. The van der Waals surface area contributed by atoms with Crippen molar-refractivity contribution in [2.75, 3.05) is 58.9 Å². The SMILES string of the molecule is CCCCN(CC(OC)OC)C(=O)CCOCCc1cccc(CN2C[C@H]3CC(OC(=O)Nc4ccccc4-c4ccccc4)C[C@H]3C2)c1. The van der Waals surface area contributed by atoms with Gasteiger partial charge in [0.25, 0.3) is 0 Å². The highest BCUT2D eigenvalue weighted by atomic mass is 16.7. The van der Waals surface area contributed by atoms with Gasteiger partial charge >= 0.3 is 6.09 Å². The lowest BCUT2D eigenvalue weighted by molar-refractivity contribution is -0.146. The largest absolute Gasteiger partial charge is 0.446 e. The number of nitrogens with one attached hydrogen (secondary N) is 1. The summed E-state index contributed by atoms with van der Waals surface area (Å²) in [5.74, 6) is 1.15. The molecule has 2 aliphatic rings. The molecule has 49 heavy (non-hydrogen) atoms. The van der Waals surface area contributed by atoms with Gasteiger partial charge in [-0.15, -0.1) is 0 Å². The van der Waals surface area contributed by atoms with Crippen LogP contribution in [0, 0.1) is 11.8 Å². The monoisotopic (exact) mass is 671 g/mol. The number of methoxy groups -OCH3 is 2. The maximum absolute atomic E-state index is 12.9. The number of likely N-dealkylation sites (tertiary alicyclic amines) is 1. The molecule has 0 bridgehead atoms. The van der Waals surface area contributed by atoms with E-state index in [1.54, 1.807) is 14.2 Å². The molecular formula is C40H53N3O6. The highest BCUT2D eigenvalue weighted by molar-refractivity contribution is 5.91. The highest BCUT2D eigenvalue weighted by Gasteiger charge is 2.42. The Morgan fingerprint density at radius 2 is 1.61 bits per heavy atom. The molecule has 3 atom stereocenters. The van der Waals surface area contributed by atoms with Crippen LogP contribution < -0.4 is 5.32 Å². The van der Waals surface area contributed by atoms with Gasteiger partial charge in [-0.1, -0.05) is 86.1 Å². The molecule has 2 amide bonds. The Balaban J connectivity index is 1.01. The minimum Gasteiger partial charge on any atom is -0.446 e. The Labute approximate surface area is 291 Å². The molecule has 264 valence electrons. The number of hydrogen-bond acceptors (Lipinski definition) is 7. The van der Waals surface area contributed by atoms with E-state index in [1.165, 1.54) is 11.1 Å². The van der Waals surface area contributed by atoms with E-state index in [4.69, 9.17) is 18.9 Å². The van der Waals surface area contributed by atoms with E-state index in [0.29, 0.717) is 44.6 Å². The van der Waals surface area contributed by atoms with Crippen LogP contribution in [0.1, 0.15) is 50.2 Å². The summed E-state index contributed by atoms with van der Waals surface area (Å²) in [7, 11) is 3.18. The average Bonchev–Trinajstić information content (AvgIpc) is 3.66. The van der Waals surface area contributed by atoms with Crippen molar-refractivity contribution in [2.45, 2.75) is 64.4 Å². The Morgan fingerprint density at radius 3 is 2.35 bits per heavy atom. The molecule has 2 fully saturated rings. The molecule has 1 unspecified atom stereocenters. The first kappa shape index (κ1) is 36.5. The van der Waals surface area contributed by atoms with Crippen LogP contribution >= 0.6 is 0 Å². The second-order valence-corrected chi connectivity index (χ2v) is 13.3. The Hall–Kier alpha value is -3.76. The van der Waals surface area contributed by atoms with E-state index >= 15 is 0 Å². The summed E-state index contributed by atoms with van der Waals surface area (Å²) in [4.78, 5) is 30.1. The standard InChI is InChI=1S/C40H53N3O6/c1-4-5-20-43(29-39(46-2)47-3)38(44)19-22-48-21-18-30-12-11-13-31(23-30)26-42-27-33-24-35(25-34(33)28-42)49-40(45)41-37-17-10-9-16-36(37)32-14-7-6-8-15-32/h6-17,23,33-35,39H,4-5,18-22,24-29H2,1-3H3,(H,41,45)/t33-,34+,35?. The number of benzene rings is 3. The lowest BCUT2D eigenvalue weighted by Gasteiger charge is -2.26. The van der Waals surface area contributed by atoms with Crippen molar-refractivity contribution in [1.82, 2.24) is 9.80 Å². The molecule has 1 heterocycles. The zero-order valence-corrected chi connectivity index (χ0v) is 29.4. The Kier molecular flexibility index (Phi) is 14.0. The minimum atomic E-state index is -0.423. The molecule has 9 heteroatoms. The number of anilines is 1. The van der Waals surface area contributed by atoms with Gasteiger partial charge in [0.1, 0.15) is 6.10 Å². The molecule has 1 saturated carbocycles. The molecule has 5 rings (SSSR count). The summed E-state index contributed by atoms with van der Waals surface area (Å²) in [5, 5.41) is 2.99. The quantitative estimate of drug-likeness (QED) is 0.115. The van der Waals surface area contributed by atoms with Crippen molar-refractivity contribution in [3.63, 3.8) is 0 Å². The second kappa shape index (κ2) is 18.9. The molecule has 9 nitrogen and oxygen atoms in total. The van der Waals surface area contributed by atoms with Gasteiger partial charge in [0.15, 0.2) is 6.29 Å². The number of carbonyl (C=O) groups is 2. The summed E-state index contributed by atoms with van der Waals surface area (Å²) < 4.78 is 22.4. The normalized spacial score (nSPS) is 18.8. The number of carbonyl (C=O) groups excluding carboxylic acids is 2. The summed E-state index contributed by atoms with van der Waals surface area (Å²) in [5.41, 5.74) is 5.34. The smallest absolute Gasteiger partial charge is 0.411 e. The first-order valence-electron chi connectivity index (χ1n) is 17.8. The zero-order chi connectivity index (χ0) is 34.4. The fraction of sp³-hybridized carbons (Fsp3) is 0.500. The number of amides is 2. The van der Waals surface area contributed by atoms with Gasteiger partial charge in [-0.05, 0) is 60.3 Å². The van der Waals surface area contributed by atoms with E-state index < -0.39 is 6.29 Å². The van der Waals surface area contributed by atoms with Crippen molar-refractivity contribution in [3.05, 3.63) is 90.0 Å². The van der Waals surface area contributed by atoms with Crippen LogP contribution in [-0.2, 0) is 36.7 Å². The van der Waals surface area contributed by atoms with E-state index in [2.05, 4.69) is 41.4 Å². The molecule has 0 aromatic heterocycles. The molecular weight excluding hydrogens is 618 g/mol. The number of ether oxygens (including phenoxy) is 4. The van der Waals surface area contributed by atoms with Gasteiger partial charge in [0, 0.05) is 46.0 Å². The van der Waals surface area contributed by atoms with E-state index in [0.717, 1.165) is 68.6 Å². The van der Waals surface area contributed by atoms with Crippen molar-refractivity contribution in [2.24, 2.45) is 11.8 Å². The number of hydrogen-bond donors (Lipinski definition) is 1. The van der Waals surface area contributed by atoms with Crippen molar-refractivity contribution < 1.29 is 28.5 Å². The van der Waals surface area contributed by atoms with E-state index in [1.807, 2.05) is 59.5 Å². The topological polar surface area (TPSA) is 89.6 Å². The Morgan fingerprint density at radius 1 is 0.898 bits per heavy atom. The molecule has 1 aliphatic heterocycles. The first-order valence-corrected chi connectivity index (χ1v) is 17.8. The third-order valence-corrected chi connectivity index (χ3v) is 9.73. The molecule has 3 aromatic carbocycles. The molecule has 0 spiro atoms. The van der Waals surface area contributed by atoms with Crippen LogP contribution in [-0.4, -0.2) is 87.8 Å². The Bertz CT molecular complexity index is 1450. The number of para-hydroxylation sites is 1. The van der Waals surface area contributed by atoms with Crippen LogP contribution in [0.2, 0.25) is 0 Å². The number of rotatable bonds is 18. The maximum atomic E-state index is 12.9. The third kappa shape index (κ3) is 10.9. The van der Waals surface area contributed by atoms with Gasteiger partial charge in [0.05, 0.1) is 31.9 Å². The minimum absolute atomic E-state index is 0.0493. The fourth-order valence-electron chi connectivity index (χ4n) is 7.16. The molecule has 1 aliphatic carbocycles. The highest BCUT2D eigenvalue weighted by Crippen LogP contribution is 2.40. The third-order valence-electron chi connectivity index (χ3n) is 9.73. The van der Waals surface area contributed by atoms with Gasteiger partial charge < -0.3 is 23.8 Å². The summed E-state index contributed by atoms with van der Waals surface area (Å²) in [6.45, 7) is 7.17. The second-order valence-electron chi connectivity index (χ2n) is 13.3. The predicted molar refractivity (Wildman–Crippen MR) is 192 cm³/mol. The molecule has 3 aromatic rings. The first-order chi connectivity index (χ1) is 23.9. The van der Waals surface area contributed by atoms with E-state index in [9.17, 15) is 9.59 Å². The summed E-state index contributed by atoms with van der Waals surface area (Å²) in [6.07, 6.45) is 4.08. The summed E-state index contributed by atoms with van der Waals surface area (Å²) >= 11 is 0. The fourth-order valence-corrected chi connectivity index (χ4v) is 7.16. The van der Waals surface area contributed by atoms with Crippen LogP contribution in [0.15, 0.2) is 78.9 Å². The molecule has 1 saturated heterocycles. The molecule has 1 N–H and O–H groups in total. The number of unbranched alkanes of at least 4 members (excludes halogenated alkanes) is 1.